The van der Waals surface area contributed by atoms with Gasteiger partial charge in [-0.15, -0.1) is 11.6 Å². The van der Waals surface area contributed by atoms with Gasteiger partial charge in [0.1, 0.15) is 0 Å². The van der Waals surface area contributed by atoms with Gasteiger partial charge >= 0.3 is 0 Å². The molecule has 4 atom stereocenters. The Morgan fingerprint density at radius 3 is 2.63 bits per heavy atom. The number of halogens is 1. The van der Waals surface area contributed by atoms with Gasteiger partial charge in [0, 0.05) is 5.38 Å². The second-order valence-electron chi connectivity index (χ2n) is 7.45. The largest absolute Gasteiger partial charge is 0.372 e. The van der Waals surface area contributed by atoms with Gasteiger partial charge < -0.3 is 4.74 Å². The lowest BCUT2D eigenvalue weighted by molar-refractivity contribution is -0.0713. The summed E-state index contributed by atoms with van der Waals surface area (Å²) in [4.78, 5) is 0. The highest BCUT2D eigenvalue weighted by atomic mass is 35.5. The van der Waals surface area contributed by atoms with Crippen LogP contribution in [0, 0.1) is 11.8 Å². The molecular formula is C17H29ClO. The molecule has 0 aromatic rings. The summed E-state index contributed by atoms with van der Waals surface area (Å²) in [7, 11) is 0. The van der Waals surface area contributed by atoms with Crippen LogP contribution in [0.5, 0.6) is 0 Å². The standard InChI is InChI=1S/C17H29ClO/c1-13-5-6-16(18)14(11-13)12-15-7-10-17(19-15)8-3-2-4-9-17/h13-16H,2-12H2,1H3. The fraction of sp³-hybridized carbons (Fsp3) is 1.00. The first-order valence-electron chi connectivity index (χ1n) is 8.49. The minimum atomic E-state index is 0.283. The second-order valence-corrected chi connectivity index (χ2v) is 8.01. The van der Waals surface area contributed by atoms with Gasteiger partial charge in [0.2, 0.25) is 0 Å². The van der Waals surface area contributed by atoms with Crippen molar-refractivity contribution in [2.24, 2.45) is 11.8 Å². The highest BCUT2D eigenvalue weighted by Crippen LogP contribution is 2.45. The lowest BCUT2D eigenvalue weighted by Crippen LogP contribution is -2.33. The Balaban J connectivity index is 1.53. The van der Waals surface area contributed by atoms with Crippen molar-refractivity contribution in [1.29, 1.82) is 0 Å². The summed E-state index contributed by atoms with van der Waals surface area (Å²) in [5, 5.41) is 0.405. The van der Waals surface area contributed by atoms with E-state index in [0.29, 0.717) is 17.4 Å². The van der Waals surface area contributed by atoms with Crippen LogP contribution in [0.2, 0.25) is 0 Å². The van der Waals surface area contributed by atoms with E-state index in [4.69, 9.17) is 16.3 Å². The van der Waals surface area contributed by atoms with E-state index in [9.17, 15) is 0 Å². The third-order valence-corrected chi connectivity index (χ3v) is 6.40. The van der Waals surface area contributed by atoms with Gasteiger partial charge in [-0.1, -0.05) is 26.2 Å². The number of alkyl halides is 1. The van der Waals surface area contributed by atoms with E-state index < -0.39 is 0 Å². The molecular weight excluding hydrogens is 256 g/mol. The highest BCUT2D eigenvalue weighted by molar-refractivity contribution is 6.20. The fourth-order valence-electron chi connectivity index (χ4n) is 4.67. The van der Waals surface area contributed by atoms with Gasteiger partial charge in [0.25, 0.3) is 0 Å². The molecule has 2 heteroatoms. The molecule has 3 aliphatic rings. The van der Waals surface area contributed by atoms with Crippen LogP contribution in [0.4, 0.5) is 0 Å². The molecule has 4 unspecified atom stereocenters. The molecule has 2 saturated carbocycles. The summed E-state index contributed by atoms with van der Waals surface area (Å²) in [6.07, 6.45) is 15.0. The maximum atomic E-state index is 6.55. The molecule has 2 aliphatic carbocycles. The zero-order chi connectivity index (χ0) is 13.3. The average Bonchev–Trinajstić information content (AvgIpc) is 2.78. The molecule has 3 rings (SSSR count). The zero-order valence-electron chi connectivity index (χ0n) is 12.4. The Morgan fingerprint density at radius 1 is 1.05 bits per heavy atom. The molecule has 0 radical (unpaired) electrons. The number of rotatable bonds is 2. The van der Waals surface area contributed by atoms with Crippen molar-refractivity contribution in [2.75, 3.05) is 0 Å². The summed E-state index contributed by atoms with van der Waals surface area (Å²) in [5.41, 5.74) is 0.283. The van der Waals surface area contributed by atoms with Crippen molar-refractivity contribution >= 4 is 11.6 Å². The third kappa shape index (κ3) is 3.29. The molecule has 1 aliphatic heterocycles. The summed E-state index contributed by atoms with van der Waals surface area (Å²) < 4.78 is 6.52. The molecule has 1 spiro atoms. The van der Waals surface area contributed by atoms with E-state index in [1.807, 2.05) is 0 Å². The van der Waals surface area contributed by atoms with Gasteiger partial charge in [-0.25, -0.2) is 0 Å². The average molecular weight is 285 g/mol. The molecule has 19 heavy (non-hydrogen) atoms. The van der Waals surface area contributed by atoms with Crippen molar-refractivity contribution in [3.05, 3.63) is 0 Å². The second kappa shape index (κ2) is 5.93. The quantitative estimate of drug-likeness (QED) is 0.625. The van der Waals surface area contributed by atoms with E-state index in [2.05, 4.69) is 6.92 Å². The first-order chi connectivity index (χ1) is 9.17. The lowest BCUT2D eigenvalue weighted by atomic mass is 9.79. The Bertz CT molecular complexity index is 298. The highest BCUT2D eigenvalue weighted by Gasteiger charge is 2.42. The van der Waals surface area contributed by atoms with Gasteiger partial charge in [-0.3, -0.25) is 0 Å². The molecule has 3 fully saturated rings. The fourth-order valence-corrected chi connectivity index (χ4v) is 5.00. The first-order valence-corrected chi connectivity index (χ1v) is 8.92. The summed E-state index contributed by atoms with van der Waals surface area (Å²) in [6.45, 7) is 2.38. The number of hydrogen-bond acceptors (Lipinski definition) is 1. The summed E-state index contributed by atoms with van der Waals surface area (Å²) in [5.74, 6) is 1.57. The number of hydrogen-bond donors (Lipinski definition) is 0. The third-order valence-electron chi connectivity index (χ3n) is 5.82. The predicted molar refractivity (Wildman–Crippen MR) is 80.7 cm³/mol. The van der Waals surface area contributed by atoms with E-state index in [1.165, 1.54) is 70.6 Å². The normalized spacial score (nSPS) is 42.6. The van der Waals surface area contributed by atoms with Crippen molar-refractivity contribution in [2.45, 2.75) is 94.6 Å². The van der Waals surface area contributed by atoms with Gasteiger partial charge in [-0.2, -0.15) is 0 Å². The summed E-state index contributed by atoms with van der Waals surface area (Å²) >= 11 is 6.55. The van der Waals surface area contributed by atoms with Crippen LogP contribution in [0.15, 0.2) is 0 Å². The van der Waals surface area contributed by atoms with Crippen LogP contribution in [0.1, 0.15) is 77.6 Å². The van der Waals surface area contributed by atoms with Crippen molar-refractivity contribution in [1.82, 2.24) is 0 Å². The number of ether oxygens (including phenoxy) is 1. The van der Waals surface area contributed by atoms with Crippen molar-refractivity contribution in [3.8, 4) is 0 Å². The van der Waals surface area contributed by atoms with Crippen molar-refractivity contribution in [3.63, 3.8) is 0 Å². The Labute approximate surface area is 123 Å². The van der Waals surface area contributed by atoms with Crippen LogP contribution in [0.25, 0.3) is 0 Å². The van der Waals surface area contributed by atoms with E-state index in [0.717, 1.165) is 5.92 Å². The molecule has 110 valence electrons. The Kier molecular flexibility index (Phi) is 4.43. The molecule has 1 heterocycles. The smallest absolute Gasteiger partial charge is 0.0687 e. The van der Waals surface area contributed by atoms with E-state index in [-0.39, 0.29) is 5.60 Å². The van der Waals surface area contributed by atoms with Gasteiger partial charge in [-0.05, 0) is 63.2 Å². The predicted octanol–water partition coefficient (Wildman–Crippen LogP) is 5.30. The van der Waals surface area contributed by atoms with E-state index >= 15 is 0 Å². The molecule has 0 amide bonds. The molecule has 0 aromatic carbocycles. The van der Waals surface area contributed by atoms with Crippen LogP contribution >= 0.6 is 11.6 Å². The Morgan fingerprint density at radius 2 is 1.84 bits per heavy atom. The van der Waals surface area contributed by atoms with Crippen LogP contribution in [-0.4, -0.2) is 17.1 Å². The molecule has 1 saturated heterocycles. The lowest BCUT2D eigenvalue weighted by Gasteiger charge is -2.35. The topological polar surface area (TPSA) is 9.23 Å². The van der Waals surface area contributed by atoms with Crippen molar-refractivity contribution < 1.29 is 4.74 Å². The Hall–Kier alpha value is 0.250. The van der Waals surface area contributed by atoms with Crippen LogP contribution < -0.4 is 0 Å². The van der Waals surface area contributed by atoms with Crippen LogP contribution in [0.3, 0.4) is 0 Å². The zero-order valence-corrected chi connectivity index (χ0v) is 13.1. The maximum absolute atomic E-state index is 6.55. The minimum absolute atomic E-state index is 0.283. The molecule has 1 nitrogen and oxygen atoms in total. The van der Waals surface area contributed by atoms with Gasteiger partial charge in [0.05, 0.1) is 11.7 Å². The molecule has 0 N–H and O–H groups in total. The SMILES string of the molecule is CC1CCC(Cl)C(CC2CCC3(CCCCC3)O2)C1. The first kappa shape index (κ1) is 14.2. The minimum Gasteiger partial charge on any atom is -0.372 e. The van der Waals surface area contributed by atoms with Crippen LogP contribution in [-0.2, 0) is 4.74 Å². The summed E-state index contributed by atoms with van der Waals surface area (Å²) in [6, 6.07) is 0. The van der Waals surface area contributed by atoms with E-state index in [1.54, 1.807) is 0 Å². The van der Waals surface area contributed by atoms with Gasteiger partial charge in [0.15, 0.2) is 0 Å². The monoisotopic (exact) mass is 284 g/mol. The molecule has 0 aromatic heterocycles. The maximum Gasteiger partial charge on any atom is 0.0687 e. The molecule has 0 bridgehead atoms.